The molecule has 0 aliphatic rings. The summed E-state index contributed by atoms with van der Waals surface area (Å²) in [5, 5.41) is 5.04. The maximum Gasteiger partial charge on any atom is 0.345 e. The topological polar surface area (TPSA) is 80.4 Å². The van der Waals surface area contributed by atoms with E-state index in [9.17, 15) is 4.79 Å². The van der Waals surface area contributed by atoms with Crippen molar-refractivity contribution in [2.45, 2.75) is 20.8 Å². The molecule has 0 atom stereocenters. The van der Waals surface area contributed by atoms with Crippen LogP contribution >= 0.6 is 0 Å². The molecule has 0 amide bonds. The van der Waals surface area contributed by atoms with E-state index in [1.54, 1.807) is 19.1 Å². The lowest BCUT2D eigenvalue weighted by Gasteiger charge is -2.04. The fourth-order valence-electron chi connectivity index (χ4n) is 2.28. The maximum atomic E-state index is 12.1. The van der Waals surface area contributed by atoms with Gasteiger partial charge in [0.2, 0.25) is 5.95 Å². The summed E-state index contributed by atoms with van der Waals surface area (Å²) >= 11 is 0. The molecule has 3 aromatic rings. The molecular formula is C17H16N4O2. The second-order valence-corrected chi connectivity index (χ2v) is 5.27. The highest BCUT2D eigenvalue weighted by molar-refractivity contribution is 6.00. The fourth-order valence-corrected chi connectivity index (χ4v) is 2.28. The van der Waals surface area contributed by atoms with Gasteiger partial charge in [0.25, 0.3) is 0 Å². The molecule has 0 fully saturated rings. The molecule has 3 rings (SSSR count). The van der Waals surface area contributed by atoms with Crippen LogP contribution in [0.2, 0.25) is 0 Å². The van der Waals surface area contributed by atoms with Gasteiger partial charge in [-0.25, -0.2) is 20.2 Å². The van der Waals surface area contributed by atoms with Crippen molar-refractivity contribution in [2.24, 2.45) is 5.10 Å². The number of anilines is 1. The van der Waals surface area contributed by atoms with E-state index in [4.69, 9.17) is 4.42 Å². The van der Waals surface area contributed by atoms with Gasteiger partial charge >= 0.3 is 5.63 Å². The van der Waals surface area contributed by atoms with E-state index < -0.39 is 5.63 Å². The van der Waals surface area contributed by atoms with Crippen molar-refractivity contribution in [3.05, 3.63) is 63.8 Å². The Kier molecular flexibility index (Phi) is 3.89. The number of aromatic nitrogens is 2. The Morgan fingerprint density at radius 1 is 1.13 bits per heavy atom. The van der Waals surface area contributed by atoms with Crippen LogP contribution in [-0.4, -0.2) is 15.7 Å². The van der Waals surface area contributed by atoms with E-state index in [1.807, 2.05) is 38.1 Å². The van der Waals surface area contributed by atoms with Crippen LogP contribution in [0.1, 0.15) is 23.9 Å². The minimum absolute atomic E-state index is 0.395. The zero-order valence-electron chi connectivity index (χ0n) is 13.1. The van der Waals surface area contributed by atoms with E-state index in [0.29, 0.717) is 22.8 Å². The maximum absolute atomic E-state index is 12.1. The smallest absolute Gasteiger partial charge is 0.345 e. The number of nitrogens with zero attached hydrogens (tertiary/aromatic N) is 3. The molecule has 6 heteroatoms. The quantitative estimate of drug-likeness (QED) is 0.457. The van der Waals surface area contributed by atoms with E-state index in [-0.39, 0.29) is 0 Å². The summed E-state index contributed by atoms with van der Waals surface area (Å²) in [6.07, 6.45) is 0. The van der Waals surface area contributed by atoms with Crippen LogP contribution in [0.5, 0.6) is 0 Å². The number of aryl methyl sites for hydroxylation is 2. The Morgan fingerprint density at radius 2 is 1.83 bits per heavy atom. The molecular weight excluding hydrogens is 292 g/mol. The lowest BCUT2D eigenvalue weighted by molar-refractivity contribution is 0.559. The Bertz CT molecular complexity index is 940. The third-order valence-electron chi connectivity index (χ3n) is 3.34. The van der Waals surface area contributed by atoms with Crippen LogP contribution in [0, 0.1) is 13.8 Å². The van der Waals surface area contributed by atoms with Crippen LogP contribution < -0.4 is 11.1 Å². The molecule has 1 aromatic carbocycles. The SMILES string of the molecule is C/C(=N/Nc1nc(C)cc(C)n1)c1cc2ccccc2oc1=O. The standard InChI is InChI=1S/C17H16N4O2/c1-10-8-11(2)19-17(18-10)21-20-12(3)14-9-13-6-4-5-7-15(13)23-16(14)22/h4-9H,1-3H3,(H,18,19,21)/b20-12-. The molecule has 0 aliphatic carbocycles. The minimum Gasteiger partial charge on any atom is -0.422 e. The van der Waals surface area contributed by atoms with Gasteiger partial charge in [0.15, 0.2) is 0 Å². The molecule has 116 valence electrons. The summed E-state index contributed by atoms with van der Waals surface area (Å²) in [6, 6.07) is 11.0. The number of hydrazone groups is 1. The predicted molar refractivity (Wildman–Crippen MR) is 89.8 cm³/mol. The lowest BCUT2D eigenvalue weighted by atomic mass is 10.1. The molecule has 23 heavy (non-hydrogen) atoms. The predicted octanol–water partition coefficient (Wildman–Crippen LogP) is 3.04. The molecule has 2 heterocycles. The molecule has 0 saturated heterocycles. The third kappa shape index (κ3) is 3.26. The van der Waals surface area contributed by atoms with Gasteiger partial charge in [-0.1, -0.05) is 18.2 Å². The first-order chi connectivity index (χ1) is 11.0. The fraction of sp³-hybridized carbons (Fsp3) is 0.176. The summed E-state index contributed by atoms with van der Waals surface area (Å²) in [5.74, 6) is 0.395. The molecule has 0 saturated carbocycles. The van der Waals surface area contributed by atoms with Gasteiger partial charge in [-0.3, -0.25) is 0 Å². The molecule has 0 radical (unpaired) electrons. The number of nitrogens with one attached hydrogen (secondary N) is 1. The van der Waals surface area contributed by atoms with E-state index in [2.05, 4.69) is 20.5 Å². The normalized spacial score (nSPS) is 11.7. The zero-order valence-corrected chi connectivity index (χ0v) is 13.1. The van der Waals surface area contributed by atoms with Crippen molar-refractivity contribution < 1.29 is 4.42 Å². The second kappa shape index (κ2) is 6.00. The van der Waals surface area contributed by atoms with Crippen molar-refractivity contribution in [2.75, 3.05) is 5.43 Å². The van der Waals surface area contributed by atoms with Crippen LogP contribution in [0.4, 0.5) is 5.95 Å². The number of hydrogen-bond donors (Lipinski definition) is 1. The second-order valence-electron chi connectivity index (χ2n) is 5.27. The van der Waals surface area contributed by atoms with Gasteiger partial charge in [0, 0.05) is 16.8 Å². The Balaban J connectivity index is 1.94. The van der Waals surface area contributed by atoms with E-state index in [0.717, 1.165) is 16.8 Å². The monoisotopic (exact) mass is 308 g/mol. The molecule has 0 bridgehead atoms. The largest absolute Gasteiger partial charge is 0.422 e. The van der Waals surface area contributed by atoms with Gasteiger partial charge in [0.05, 0.1) is 11.3 Å². The van der Waals surface area contributed by atoms with Gasteiger partial charge in [-0.05, 0) is 39.0 Å². The number of hydrogen-bond acceptors (Lipinski definition) is 6. The highest BCUT2D eigenvalue weighted by Gasteiger charge is 2.08. The van der Waals surface area contributed by atoms with E-state index in [1.165, 1.54) is 0 Å². The van der Waals surface area contributed by atoms with Crippen LogP contribution in [0.3, 0.4) is 0 Å². The molecule has 0 spiro atoms. The van der Waals surface area contributed by atoms with Crippen LogP contribution in [-0.2, 0) is 0 Å². The van der Waals surface area contributed by atoms with Crippen molar-refractivity contribution in [3.8, 4) is 0 Å². The van der Waals surface area contributed by atoms with Crippen LogP contribution in [0.15, 0.2) is 50.7 Å². The van der Waals surface area contributed by atoms with Crippen molar-refractivity contribution in [1.82, 2.24) is 9.97 Å². The average Bonchev–Trinajstić information content (AvgIpc) is 2.51. The Labute approximate surface area is 132 Å². The summed E-state index contributed by atoms with van der Waals surface area (Å²) in [5.41, 5.74) is 5.52. The van der Waals surface area contributed by atoms with Gasteiger partial charge in [-0.15, -0.1) is 0 Å². The average molecular weight is 308 g/mol. The zero-order chi connectivity index (χ0) is 16.4. The summed E-state index contributed by atoms with van der Waals surface area (Å²) in [7, 11) is 0. The first-order valence-electron chi connectivity index (χ1n) is 7.19. The van der Waals surface area contributed by atoms with Gasteiger partial charge < -0.3 is 4.42 Å². The number of para-hydroxylation sites is 1. The molecule has 0 aliphatic heterocycles. The number of benzene rings is 1. The minimum atomic E-state index is -0.423. The van der Waals surface area contributed by atoms with Crippen LogP contribution in [0.25, 0.3) is 11.0 Å². The summed E-state index contributed by atoms with van der Waals surface area (Å²) in [4.78, 5) is 20.6. The summed E-state index contributed by atoms with van der Waals surface area (Å²) in [6.45, 7) is 5.50. The molecule has 6 nitrogen and oxygen atoms in total. The van der Waals surface area contributed by atoms with Crippen molar-refractivity contribution in [3.63, 3.8) is 0 Å². The van der Waals surface area contributed by atoms with Crippen molar-refractivity contribution in [1.29, 1.82) is 0 Å². The first-order valence-corrected chi connectivity index (χ1v) is 7.19. The van der Waals surface area contributed by atoms with Gasteiger partial charge in [0.1, 0.15) is 5.58 Å². The summed E-state index contributed by atoms with van der Waals surface area (Å²) < 4.78 is 5.31. The molecule has 0 unspecified atom stereocenters. The third-order valence-corrected chi connectivity index (χ3v) is 3.34. The Hall–Kier alpha value is -3.02. The molecule has 2 aromatic heterocycles. The number of fused-ring (bicyclic) bond motifs is 1. The lowest BCUT2D eigenvalue weighted by Crippen LogP contribution is -2.13. The number of rotatable bonds is 3. The highest BCUT2D eigenvalue weighted by atomic mass is 16.4. The highest BCUT2D eigenvalue weighted by Crippen LogP contribution is 2.13. The molecule has 1 N–H and O–H groups in total. The first kappa shape index (κ1) is 14.9. The Morgan fingerprint density at radius 3 is 2.57 bits per heavy atom. The van der Waals surface area contributed by atoms with E-state index >= 15 is 0 Å². The van der Waals surface area contributed by atoms with Gasteiger partial charge in [-0.2, -0.15) is 5.10 Å². The van der Waals surface area contributed by atoms with Crippen molar-refractivity contribution >= 4 is 22.6 Å².